The molecule has 0 saturated heterocycles. The van der Waals surface area contributed by atoms with Crippen molar-refractivity contribution in [3.8, 4) is 28.4 Å². The van der Waals surface area contributed by atoms with E-state index in [1.807, 2.05) is 0 Å². The van der Waals surface area contributed by atoms with E-state index in [0.717, 1.165) is 0 Å². The first-order valence-corrected chi connectivity index (χ1v) is 8.35. The second kappa shape index (κ2) is 7.91. The maximum atomic E-state index is 14.3. The van der Waals surface area contributed by atoms with Crippen molar-refractivity contribution in [3.05, 3.63) is 70.2 Å². The van der Waals surface area contributed by atoms with Gasteiger partial charge >= 0.3 is 0 Å². The van der Waals surface area contributed by atoms with Crippen LogP contribution in [0.15, 0.2) is 48.7 Å². The van der Waals surface area contributed by atoms with Gasteiger partial charge in [-0.3, -0.25) is 0 Å². The second-order valence-electron chi connectivity index (χ2n) is 5.31. The highest BCUT2D eigenvalue weighted by Crippen LogP contribution is 2.38. The number of benzene rings is 2. The summed E-state index contributed by atoms with van der Waals surface area (Å²) in [7, 11) is 1.38. The minimum absolute atomic E-state index is 0.00966. The van der Waals surface area contributed by atoms with Crippen LogP contribution < -0.4 is 9.47 Å². The molecule has 0 fully saturated rings. The quantitative estimate of drug-likeness (QED) is 0.582. The van der Waals surface area contributed by atoms with Crippen LogP contribution in [0, 0.1) is 5.82 Å². The SMILES string of the molecule is COc1cccc(Oc2ccc(CO)c(-c3c(Cl)ccnc3Cl)c2)c1F. The van der Waals surface area contributed by atoms with Gasteiger partial charge in [-0.15, -0.1) is 0 Å². The minimum atomic E-state index is -0.611. The Morgan fingerprint density at radius 1 is 1.12 bits per heavy atom. The molecule has 134 valence electrons. The van der Waals surface area contributed by atoms with Crippen LogP contribution in [-0.4, -0.2) is 17.2 Å². The summed E-state index contributed by atoms with van der Waals surface area (Å²) in [6.07, 6.45) is 1.48. The average Bonchev–Trinajstić information content (AvgIpc) is 2.63. The first-order chi connectivity index (χ1) is 12.5. The Morgan fingerprint density at radius 2 is 1.88 bits per heavy atom. The van der Waals surface area contributed by atoms with Crippen molar-refractivity contribution in [3.63, 3.8) is 0 Å². The molecule has 3 aromatic rings. The van der Waals surface area contributed by atoms with Crippen LogP contribution in [0.1, 0.15) is 5.56 Å². The van der Waals surface area contributed by atoms with Gasteiger partial charge in [0.1, 0.15) is 10.9 Å². The zero-order valence-electron chi connectivity index (χ0n) is 13.7. The highest BCUT2D eigenvalue weighted by Gasteiger charge is 2.16. The Balaban J connectivity index is 2.06. The van der Waals surface area contributed by atoms with Crippen LogP contribution in [0.25, 0.3) is 11.1 Å². The lowest BCUT2D eigenvalue weighted by atomic mass is 10.0. The molecule has 3 rings (SSSR count). The van der Waals surface area contributed by atoms with Crippen molar-refractivity contribution < 1.29 is 19.0 Å². The van der Waals surface area contributed by atoms with E-state index in [-0.39, 0.29) is 23.3 Å². The molecular formula is C19H14Cl2FNO3. The third-order valence-corrected chi connectivity index (χ3v) is 4.35. The van der Waals surface area contributed by atoms with E-state index in [9.17, 15) is 9.50 Å². The molecule has 0 radical (unpaired) electrons. The van der Waals surface area contributed by atoms with Gasteiger partial charge in [0, 0.05) is 11.8 Å². The van der Waals surface area contributed by atoms with Crippen molar-refractivity contribution in [2.45, 2.75) is 6.61 Å². The standard InChI is InChI=1S/C19H14Cl2FNO3/c1-25-15-3-2-4-16(18(15)22)26-12-6-5-11(10-24)13(9-12)17-14(20)7-8-23-19(17)21/h2-9,24H,10H2,1H3. The summed E-state index contributed by atoms with van der Waals surface area (Å²) in [6, 6.07) is 11.1. The number of aliphatic hydroxyl groups excluding tert-OH is 1. The normalized spacial score (nSPS) is 10.7. The molecule has 0 bridgehead atoms. The predicted molar refractivity (Wildman–Crippen MR) is 98.6 cm³/mol. The highest BCUT2D eigenvalue weighted by molar-refractivity contribution is 6.38. The van der Waals surface area contributed by atoms with Crippen LogP contribution in [-0.2, 0) is 6.61 Å². The zero-order chi connectivity index (χ0) is 18.7. The van der Waals surface area contributed by atoms with Crippen molar-refractivity contribution in [2.24, 2.45) is 0 Å². The summed E-state index contributed by atoms with van der Waals surface area (Å²) in [4.78, 5) is 4.02. The number of ether oxygens (including phenoxy) is 2. The lowest BCUT2D eigenvalue weighted by Crippen LogP contribution is -1.96. The Labute approximate surface area is 159 Å². The molecule has 0 aliphatic heterocycles. The third kappa shape index (κ3) is 3.60. The molecule has 0 atom stereocenters. The monoisotopic (exact) mass is 393 g/mol. The number of rotatable bonds is 5. The third-order valence-electron chi connectivity index (χ3n) is 3.75. The molecule has 2 aromatic carbocycles. The van der Waals surface area contributed by atoms with Gasteiger partial charge in [-0.25, -0.2) is 4.98 Å². The van der Waals surface area contributed by atoms with Gasteiger partial charge in [0.2, 0.25) is 5.82 Å². The maximum absolute atomic E-state index is 14.3. The molecule has 7 heteroatoms. The molecule has 0 aliphatic carbocycles. The molecule has 0 unspecified atom stereocenters. The molecule has 0 aliphatic rings. The van der Waals surface area contributed by atoms with Gasteiger partial charge in [-0.05, 0) is 41.5 Å². The van der Waals surface area contributed by atoms with Crippen LogP contribution in [0.3, 0.4) is 0 Å². The average molecular weight is 394 g/mol. The van der Waals surface area contributed by atoms with Crippen LogP contribution in [0.4, 0.5) is 4.39 Å². The second-order valence-corrected chi connectivity index (χ2v) is 6.08. The topological polar surface area (TPSA) is 51.6 Å². The van der Waals surface area contributed by atoms with Crippen molar-refractivity contribution in [2.75, 3.05) is 7.11 Å². The number of hydrogen-bond acceptors (Lipinski definition) is 4. The van der Waals surface area contributed by atoms with Gasteiger partial charge in [0.05, 0.1) is 18.7 Å². The number of halogens is 3. The summed E-state index contributed by atoms with van der Waals surface area (Å²) in [5.74, 6) is -0.177. The number of aliphatic hydroxyl groups is 1. The van der Waals surface area contributed by atoms with Crippen LogP contribution in [0.5, 0.6) is 17.2 Å². The van der Waals surface area contributed by atoms with E-state index in [1.165, 1.54) is 25.4 Å². The summed E-state index contributed by atoms with van der Waals surface area (Å²) < 4.78 is 24.9. The molecule has 26 heavy (non-hydrogen) atoms. The molecular weight excluding hydrogens is 380 g/mol. The van der Waals surface area contributed by atoms with Crippen molar-refractivity contribution >= 4 is 23.2 Å². The molecule has 0 spiro atoms. The minimum Gasteiger partial charge on any atom is -0.494 e. The molecule has 0 saturated carbocycles. The van der Waals surface area contributed by atoms with E-state index >= 15 is 0 Å². The molecule has 1 N–H and O–H groups in total. The van der Waals surface area contributed by atoms with Crippen molar-refractivity contribution in [1.82, 2.24) is 4.98 Å². The number of hydrogen-bond donors (Lipinski definition) is 1. The Morgan fingerprint density at radius 3 is 2.58 bits per heavy atom. The first kappa shape index (κ1) is 18.5. The van der Waals surface area contributed by atoms with E-state index in [0.29, 0.717) is 27.5 Å². The van der Waals surface area contributed by atoms with E-state index in [4.69, 9.17) is 32.7 Å². The lowest BCUT2D eigenvalue weighted by molar-refractivity contribution is 0.282. The van der Waals surface area contributed by atoms with E-state index in [1.54, 1.807) is 30.3 Å². The molecule has 0 amide bonds. The van der Waals surface area contributed by atoms with E-state index < -0.39 is 5.82 Å². The largest absolute Gasteiger partial charge is 0.494 e. The molecule has 1 heterocycles. The summed E-state index contributed by atoms with van der Waals surface area (Å²) in [6.45, 7) is -0.231. The smallest absolute Gasteiger partial charge is 0.207 e. The molecule has 4 nitrogen and oxygen atoms in total. The number of pyridine rings is 1. The Kier molecular flexibility index (Phi) is 5.61. The van der Waals surface area contributed by atoms with Gasteiger partial charge < -0.3 is 14.6 Å². The fraction of sp³-hybridized carbons (Fsp3) is 0.105. The lowest BCUT2D eigenvalue weighted by Gasteiger charge is -2.14. The predicted octanol–water partition coefficient (Wildman–Crippen LogP) is 5.49. The first-order valence-electron chi connectivity index (χ1n) is 7.59. The fourth-order valence-corrected chi connectivity index (χ4v) is 3.05. The summed E-state index contributed by atoms with van der Waals surface area (Å²) in [5, 5.41) is 10.2. The van der Waals surface area contributed by atoms with Crippen LogP contribution in [0.2, 0.25) is 10.2 Å². The van der Waals surface area contributed by atoms with Gasteiger partial charge in [0.25, 0.3) is 0 Å². The van der Waals surface area contributed by atoms with Gasteiger partial charge in [0.15, 0.2) is 11.5 Å². The highest BCUT2D eigenvalue weighted by atomic mass is 35.5. The maximum Gasteiger partial charge on any atom is 0.207 e. The van der Waals surface area contributed by atoms with Gasteiger partial charge in [-0.1, -0.05) is 35.3 Å². The molecule has 1 aromatic heterocycles. The summed E-state index contributed by atoms with van der Waals surface area (Å²) >= 11 is 12.4. The van der Waals surface area contributed by atoms with Crippen LogP contribution >= 0.6 is 23.2 Å². The number of nitrogens with zero attached hydrogens (tertiary/aromatic N) is 1. The summed E-state index contributed by atoms with van der Waals surface area (Å²) in [5.41, 5.74) is 1.60. The number of methoxy groups -OCH3 is 1. The Hall–Kier alpha value is -2.34. The fourth-order valence-electron chi connectivity index (χ4n) is 2.50. The van der Waals surface area contributed by atoms with Gasteiger partial charge in [-0.2, -0.15) is 4.39 Å². The number of aromatic nitrogens is 1. The van der Waals surface area contributed by atoms with E-state index in [2.05, 4.69) is 4.98 Å². The van der Waals surface area contributed by atoms with Crippen molar-refractivity contribution in [1.29, 1.82) is 0 Å². The Bertz CT molecular complexity index is 930. The zero-order valence-corrected chi connectivity index (χ0v) is 15.2.